The summed E-state index contributed by atoms with van der Waals surface area (Å²) >= 11 is 0. The van der Waals surface area contributed by atoms with Crippen LogP contribution in [0.15, 0.2) is 0 Å². The lowest BCUT2D eigenvalue weighted by molar-refractivity contribution is 0.0925. The molecule has 1 aliphatic heterocycles. The van der Waals surface area contributed by atoms with Crippen molar-refractivity contribution in [2.45, 2.75) is 39.7 Å². The molecule has 5 nitrogen and oxygen atoms in total. The largest absolute Gasteiger partial charge is 0.354 e. The van der Waals surface area contributed by atoms with E-state index in [1.54, 1.807) is 0 Å². The van der Waals surface area contributed by atoms with Crippen molar-refractivity contribution >= 4 is 24.1 Å². The van der Waals surface area contributed by atoms with Crippen molar-refractivity contribution in [1.82, 2.24) is 15.6 Å². The van der Waals surface area contributed by atoms with E-state index >= 15 is 0 Å². The second-order valence-electron chi connectivity index (χ2n) is 5.20. The first kappa shape index (κ1) is 16.7. The molecular formula is C14H22ClN3O2. The van der Waals surface area contributed by atoms with Crippen molar-refractivity contribution in [3.63, 3.8) is 0 Å². The molecule has 1 atom stereocenters. The molecule has 1 amide bonds. The highest BCUT2D eigenvalue weighted by molar-refractivity contribution is 6.02. The molecule has 2 rings (SSSR count). The number of amides is 1. The maximum atomic E-state index is 12.2. The third-order valence-electron chi connectivity index (χ3n) is 3.65. The Morgan fingerprint density at radius 2 is 2.00 bits per heavy atom. The predicted molar refractivity (Wildman–Crippen MR) is 80.9 cm³/mol. The van der Waals surface area contributed by atoms with Crippen LogP contribution in [-0.4, -0.2) is 35.8 Å². The molecule has 0 spiro atoms. The Morgan fingerprint density at radius 3 is 2.50 bits per heavy atom. The number of rotatable bonds is 3. The molecule has 0 saturated carbocycles. The van der Waals surface area contributed by atoms with Gasteiger partial charge in [0.15, 0.2) is 5.78 Å². The SMILES string of the molecule is CC(=O)c1c(C)[nH]c(C(=O)NC2CCCNC2)c1C.Cl. The fraction of sp³-hybridized carbons (Fsp3) is 0.571. The lowest BCUT2D eigenvalue weighted by atomic mass is 10.1. The Morgan fingerprint density at radius 1 is 1.30 bits per heavy atom. The molecular weight excluding hydrogens is 278 g/mol. The first-order valence-electron chi connectivity index (χ1n) is 6.72. The molecule has 0 bridgehead atoms. The van der Waals surface area contributed by atoms with Gasteiger partial charge in [0.25, 0.3) is 5.91 Å². The van der Waals surface area contributed by atoms with Crippen molar-refractivity contribution in [2.75, 3.05) is 13.1 Å². The summed E-state index contributed by atoms with van der Waals surface area (Å²) < 4.78 is 0. The van der Waals surface area contributed by atoms with Crippen LogP contribution < -0.4 is 10.6 Å². The quantitative estimate of drug-likeness (QED) is 0.744. The number of carbonyl (C=O) groups excluding carboxylic acids is 2. The Kier molecular flexibility index (Phi) is 5.77. The van der Waals surface area contributed by atoms with Gasteiger partial charge in [-0.25, -0.2) is 0 Å². The fourth-order valence-corrected chi connectivity index (χ4v) is 2.74. The van der Waals surface area contributed by atoms with Gasteiger partial charge in [0.2, 0.25) is 0 Å². The van der Waals surface area contributed by atoms with Gasteiger partial charge in [-0.2, -0.15) is 0 Å². The van der Waals surface area contributed by atoms with E-state index in [9.17, 15) is 9.59 Å². The van der Waals surface area contributed by atoms with Crippen molar-refractivity contribution in [2.24, 2.45) is 0 Å². The van der Waals surface area contributed by atoms with Crippen LogP contribution in [0.1, 0.15) is 51.9 Å². The van der Waals surface area contributed by atoms with Gasteiger partial charge in [-0.05, 0) is 45.7 Å². The van der Waals surface area contributed by atoms with Crippen molar-refractivity contribution in [3.8, 4) is 0 Å². The highest BCUT2D eigenvalue weighted by atomic mass is 35.5. The molecule has 2 heterocycles. The zero-order chi connectivity index (χ0) is 14.0. The number of hydrogen-bond donors (Lipinski definition) is 3. The number of ketones is 1. The van der Waals surface area contributed by atoms with E-state index < -0.39 is 0 Å². The van der Waals surface area contributed by atoms with Crippen LogP contribution in [0.25, 0.3) is 0 Å². The number of halogens is 1. The summed E-state index contributed by atoms with van der Waals surface area (Å²) in [6, 6.07) is 0.171. The molecule has 1 saturated heterocycles. The molecule has 6 heteroatoms. The van der Waals surface area contributed by atoms with E-state index in [2.05, 4.69) is 15.6 Å². The van der Waals surface area contributed by atoms with E-state index in [1.807, 2.05) is 13.8 Å². The second-order valence-corrected chi connectivity index (χ2v) is 5.20. The zero-order valence-electron chi connectivity index (χ0n) is 12.1. The van der Waals surface area contributed by atoms with Gasteiger partial charge in [0.1, 0.15) is 5.69 Å². The fourth-order valence-electron chi connectivity index (χ4n) is 2.74. The average molecular weight is 300 g/mol. The molecule has 3 N–H and O–H groups in total. The number of nitrogens with one attached hydrogen (secondary N) is 3. The number of piperidine rings is 1. The first-order chi connectivity index (χ1) is 9.00. The molecule has 1 aromatic heterocycles. The van der Waals surface area contributed by atoms with Gasteiger partial charge < -0.3 is 15.6 Å². The summed E-state index contributed by atoms with van der Waals surface area (Å²) in [6.07, 6.45) is 2.07. The minimum atomic E-state index is -0.123. The summed E-state index contributed by atoms with van der Waals surface area (Å²) in [5, 5.41) is 6.27. The maximum Gasteiger partial charge on any atom is 0.268 e. The third kappa shape index (κ3) is 3.41. The zero-order valence-corrected chi connectivity index (χ0v) is 12.9. The molecule has 0 aromatic carbocycles. The van der Waals surface area contributed by atoms with Crippen LogP contribution in [0.3, 0.4) is 0 Å². The first-order valence-corrected chi connectivity index (χ1v) is 6.72. The third-order valence-corrected chi connectivity index (χ3v) is 3.65. The van der Waals surface area contributed by atoms with Gasteiger partial charge in [-0.1, -0.05) is 0 Å². The van der Waals surface area contributed by atoms with Crippen LogP contribution in [0.5, 0.6) is 0 Å². The van der Waals surface area contributed by atoms with Crippen molar-refractivity contribution in [1.29, 1.82) is 0 Å². The van der Waals surface area contributed by atoms with E-state index in [0.717, 1.165) is 37.2 Å². The van der Waals surface area contributed by atoms with Crippen LogP contribution in [-0.2, 0) is 0 Å². The van der Waals surface area contributed by atoms with Crippen LogP contribution in [0, 0.1) is 13.8 Å². The highest BCUT2D eigenvalue weighted by Crippen LogP contribution is 2.18. The second kappa shape index (κ2) is 6.90. The van der Waals surface area contributed by atoms with Crippen molar-refractivity contribution in [3.05, 3.63) is 22.5 Å². The van der Waals surface area contributed by atoms with Gasteiger partial charge >= 0.3 is 0 Å². The molecule has 0 aliphatic carbocycles. The molecule has 1 unspecified atom stereocenters. The molecule has 1 aliphatic rings. The smallest absolute Gasteiger partial charge is 0.268 e. The Hall–Kier alpha value is -1.33. The van der Waals surface area contributed by atoms with E-state index in [1.165, 1.54) is 6.92 Å². The van der Waals surface area contributed by atoms with Gasteiger partial charge in [0, 0.05) is 23.8 Å². The number of hydrogen-bond acceptors (Lipinski definition) is 3. The van der Waals surface area contributed by atoms with Gasteiger partial charge in [0.05, 0.1) is 0 Å². The Labute approximate surface area is 125 Å². The average Bonchev–Trinajstić information content (AvgIpc) is 2.66. The minimum absolute atomic E-state index is 0. The lowest BCUT2D eigenvalue weighted by Crippen LogP contribution is -2.45. The summed E-state index contributed by atoms with van der Waals surface area (Å²) in [4.78, 5) is 26.8. The van der Waals surface area contributed by atoms with E-state index in [-0.39, 0.29) is 30.1 Å². The van der Waals surface area contributed by atoms with Crippen LogP contribution in [0.4, 0.5) is 0 Å². The van der Waals surface area contributed by atoms with Crippen LogP contribution in [0.2, 0.25) is 0 Å². The molecule has 0 radical (unpaired) electrons. The Balaban J connectivity index is 0.00000200. The van der Waals surface area contributed by atoms with Crippen molar-refractivity contribution < 1.29 is 9.59 Å². The normalized spacial score (nSPS) is 18.2. The summed E-state index contributed by atoms with van der Waals surface area (Å²) in [7, 11) is 0. The number of Topliss-reactive ketones (excluding diaryl/α,β-unsaturated/α-hetero) is 1. The minimum Gasteiger partial charge on any atom is -0.354 e. The molecule has 1 fully saturated rings. The van der Waals surface area contributed by atoms with E-state index in [4.69, 9.17) is 0 Å². The highest BCUT2D eigenvalue weighted by Gasteiger charge is 2.22. The monoisotopic (exact) mass is 299 g/mol. The Bertz CT molecular complexity index is 505. The molecule has 1 aromatic rings. The number of H-pyrrole nitrogens is 1. The number of carbonyl (C=O) groups is 2. The standard InChI is InChI=1S/C14H21N3O2.ClH/c1-8-12(10(3)18)9(2)16-13(8)14(19)17-11-5-4-6-15-7-11;/h11,15-16H,4-7H2,1-3H3,(H,17,19);1H. The van der Waals surface area contributed by atoms with E-state index in [0.29, 0.717) is 11.3 Å². The topological polar surface area (TPSA) is 74.0 Å². The lowest BCUT2D eigenvalue weighted by Gasteiger charge is -2.23. The van der Waals surface area contributed by atoms with Crippen LogP contribution >= 0.6 is 12.4 Å². The molecule has 112 valence electrons. The molecule has 20 heavy (non-hydrogen) atoms. The number of aromatic amines is 1. The number of aryl methyl sites for hydroxylation is 1. The maximum absolute atomic E-state index is 12.2. The summed E-state index contributed by atoms with van der Waals surface area (Å²) in [5.74, 6) is -0.133. The summed E-state index contributed by atoms with van der Waals surface area (Å²) in [5.41, 5.74) is 2.64. The summed E-state index contributed by atoms with van der Waals surface area (Å²) in [6.45, 7) is 6.98. The van der Waals surface area contributed by atoms with Gasteiger partial charge in [-0.15, -0.1) is 12.4 Å². The number of aromatic nitrogens is 1. The van der Waals surface area contributed by atoms with Gasteiger partial charge in [-0.3, -0.25) is 9.59 Å². The predicted octanol–water partition coefficient (Wildman–Crippen LogP) is 1.74.